The monoisotopic (exact) mass is 646 g/mol. The smallest absolute Gasteiger partial charge is 0.350 e. The summed E-state index contributed by atoms with van der Waals surface area (Å²) in [6, 6.07) is 7.84. The van der Waals surface area contributed by atoms with Gasteiger partial charge in [0.05, 0.1) is 42.8 Å². The molecule has 1 unspecified atom stereocenters. The number of carbonyl (C=O) groups excluding carboxylic acids is 3. The third-order valence-electron chi connectivity index (χ3n) is 7.79. The Morgan fingerprint density at radius 3 is 2.48 bits per heavy atom. The van der Waals surface area contributed by atoms with Crippen LogP contribution in [0.1, 0.15) is 84.0 Å². The van der Waals surface area contributed by atoms with Gasteiger partial charge in [-0.05, 0) is 70.4 Å². The highest BCUT2D eigenvalue weighted by atomic mass is 32.1. The third-order valence-corrected chi connectivity index (χ3v) is 8.93. The lowest BCUT2D eigenvalue weighted by Crippen LogP contribution is -2.29. The number of benzene rings is 1. The number of carbonyl (C=O) groups is 3. The van der Waals surface area contributed by atoms with Gasteiger partial charge in [-0.3, -0.25) is 14.5 Å². The molecule has 1 aliphatic rings. The number of Topliss-reactive ketones (excluding diaryl/α,β-unsaturated/α-hetero) is 1. The number of amides is 1. The van der Waals surface area contributed by atoms with E-state index in [-0.39, 0.29) is 27.9 Å². The Morgan fingerprint density at radius 1 is 1.00 bits per heavy atom. The van der Waals surface area contributed by atoms with Crippen LogP contribution in [-0.2, 0) is 14.3 Å². The number of aryl methyl sites for hydroxylation is 3. The molecule has 1 aromatic carbocycles. The van der Waals surface area contributed by atoms with E-state index in [2.05, 4.69) is 16.9 Å². The van der Waals surface area contributed by atoms with Crippen LogP contribution in [0.15, 0.2) is 42.1 Å². The van der Waals surface area contributed by atoms with E-state index in [0.29, 0.717) is 47.3 Å². The number of ketones is 1. The van der Waals surface area contributed by atoms with Gasteiger partial charge in [0.2, 0.25) is 0 Å². The first kappa shape index (κ1) is 32.7. The van der Waals surface area contributed by atoms with Crippen LogP contribution in [0.2, 0.25) is 0 Å². The molecule has 1 atom stereocenters. The minimum absolute atomic E-state index is 0.118. The number of nitrogens with zero attached hydrogens (tertiary/aromatic N) is 4. The second-order valence-corrected chi connectivity index (χ2v) is 11.9. The quantitative estimate of drug-likeness (QED) is 0.0603. The number of thiazole rings is 1. The maximum absolute atomic E-state index is 13.9. The van der Waals surface area contributed by atoms with Crippen molar-refractivity contribution in [1.29, 1.82) is 0 Å². The highest BCUT2D eigenvalue weighted by Gasteiger charge is 2.49. The van der Waals surface area contributed by atoms with E-state index in [1.165, 1.54) is 4.90 Å². The molecule has 0 radical (unpaired) electrons. The van der Waals surface area contributed by atoms with Gasteiger partial charge in [0.15, 0.2) is 22.4 Å². The molecule has 12 heteroatoms. The minimum atomic E-state index is -1.11. The molecule has 4 aromatic rings. The van der Waals surface area contributed by atoms with Gasteiger partial charge in [-0.15, -0.1) is 0 Å². The summed E-state index contributed by atoms with van der Waals surface area (Å²) in [5.74, 6) is -1.83. The second-order valence-electron chi connectivity index (χ2n) is 10.9. The average Bonchev–Trinajstić information content (AvgIpc) is 3.67. The van der Waals surface area contributed by atoms with Gasteiger partial charge in [0.25, 0.3) is 5.78 Å². The number of aromatic nitrogens is 3. The normalized spacial score (nSPS) is 16.0. The number of hydrogen-bond donors (Lipinski definition) is 1. The number of unbranched alkanes of at least 4 members (excludes halogenated alkanes) is 2. The zero-order valence-electron chi connectivity index (χ0n) is 26.9. The summed E-state index contributed by atoms with van der Waals surface area (Å²) < 4.78 is 19.0. The van der Waals surface area contributed by atoms with Crippen molar-refractivity contribution in [2.24, 2.45) is 0 Å². The molecule has 11 nitrogen and oxygen atoms in total. The standard InChI is InChI=1S/C34H38N4O7S/c1-7-10-11-17-45-23-15-14-22(18-24(23)43-8-2)27-25(28(39)26-21(6)37-16-12-13-19(4)31(37)36-26)29(40)32(41)38(27)34-35-20(5)30(46-34)33(42)44-9-3/h12-16,18,27,39H,7-11,17H2,1-6H3/b28-25+. The lowest BCUT2D eigenvalue weighted by molar-refractivity contribution is -0.132. The Labute approximate surface area is 271 Å². The number of esters is 1. The molecule has 0 aliphatic carbocycles. The van der Waals surface area contributed by atoms with E-state index in [1.807, 2.05) is 36.6 Å². The molecule has 1 aliphatic heterocycles. The highest BCUT2D eigenvalue weighted by molar-refractivity contribution is 7.17. The van der Waals surface area contributed by atoms with Crippen molar-refractivity contribution in [1.82, 2.24) is 14.4 Å². The molecule has 242 valence electrons. The van der Waals surface area contributed by atoms with Crippen molar-refractivity contribution in [3.05, 3.63) is 75.2 Å². The number of aliphatic hydroxyl groups excluding tert-OH is 1. The number of aliphatic hydroxyl groups is 1. The van der Waals surface area contributed by atoms with Crippen LogP contribution in [0.3, 0.4) is 0 Å². The zero-order valence-corrected chi connectivity index (χ0v) is 27.7. The van der Waals surface area contributed by atoms with Crippen LogP contribution < -0.4 is 14.4 Å². The van der Waals surface area contributed by atoms with E-state index in [0.717, 1.165) is 36.2 Å². The Bertz CT molecular complexity index is 1840. The van der Waals surface area contributed by atoms with E-state index in [4.69, 9.17) is 14.2 Å². The molecule has 1 N–H and O–H groups in total. The van der Waals surface area contributed by atoms with Crippen LogP contribution >= 0.6 is 11.3 Å². The molecule has 46 heavy (non-hydrogen) atoms. The maximum atomic E-state index is 13.9. The van der Waals surface area contributed by atoms with Crippen LogP contribution in [0.4, 0.5) is 5.13 Å². The molecule has 1 fully saturated rings. The van der Waals surface area contributed by atoms with Crippen molar-refractivity contribution in [3.63, 3.8) is 0 Å². The Hall–Kier alpha value is -4.71. The summed E-state index contributed by atoms with van der Waals surface area (Å²) in [6.07, 6.45) is 4.78. The molecule has 5 rings (SSSR count). The average molecular weight is 647 g/mol. The first-order valence-corrected chi connectivity index (χ1v) is 16.2. The SMILES string of the molecule is CCCCCOc1ccc(C2/C(=C(\O)c3nc4c(C)cccn4c3C)C(=O)C(=O)N2c2nc(C)c(C(=O)OCC)s2)cc1OCC. The Kier molecular flexibility index (Phi) is 9.76. The number of rotatable bonds is 12. The summed E-state index contributed by atoms with van der Waals surface area (Å²) in [5, 5.41) is 12.0. The van der Waals surface area contributed by atoms with Crippen molar-refractivity contribution in [2.75, 3.05) is 24.7 Å². The number of fused-ring (bicyclic) bond motifs is 1. The maximum Gasteiger partial charge on any atom is 0.350 e. The molecule has 0 bridgehead atoms. The number of pyridine rings is 1. The van der Waals surface area contributed by atoms with Crippen LogP contribution in [0.5, 0.6) is 11.5 Å². The summed E-state index contributed by atoms with van der Waals surface area (Å²) in [6.45, 7) is 12.0. The third kappa shape index (κ3) is 5.96. The van der Waals surface area contributed by atoms with Crippen LogP contribution in [0.25, 0.3) is 11.4 Å². The fraction of sp³-hybridized carbons (Fsp3) is 0.382. The molecular formula is C34H38N4O7S. The Morgan fingerprint density at radius 2 is 1.78 bits per heavy atom. The van der Waals surface area contributed by atoms with Crippen molar-refractivity contribution >= 4 is 45.5 Å². The van der Waals surface area contributed by atoms with E-state index < -0.39 is 29.5 Å². The van der Waals surface area contributed by atoms with Crippen LogP contribution in [-0.4, -0.2) is 57.0 Å². The predicted molar refractivity (Wildman–Crippen MR) is 175 cm³/mol. The lowest BCUT2D eigenvalue weighted by atomic mass is 9.96. The second kappa shape index (κ2) is 13.7. The van der Waals surface area contributed by atoms with Gasteiger partial charge in [-0.25, -0.2) is 14.8 Å². The van der Waals surface area contributed by atoms with Gasteiger partial charge in [-0.2, -0.15) is 0 Å². The topological polar surface area (TPSA) is 133 Å². The number of hydrogen-bond acceptors (Lipinski definition) is 10. The van der Waals surface area contributed by atoms with Gasteiger partial charge in [0, 0.05) is 6.20 Å². The number of ether oxygens (including phenoxy) is 3. The fourth-order valence-corrected chi connectivity index (χ4v) is 6.49. The molecule has 0 saturated carbocycles. The van der Waals surface area contributed by atoms with Crippen molar-refractivity contribution < 1.29 is 33.7 Å². The van der Waals surface area contributed by atoms with Crippen LogP contribution in [0, 0.1) is 20.8 Å². The molecule has 3 aromatic heterocycles. The largest absolute Gasteiger partial charge is 0.505 e. The van der Waals surface area contributed by atoms with Gasteiger partial charge in [-0.1, -0.05) is 43.2 Å². The summed E-state index contributed by atoms with van der Waals surface area (Å²) in [4.78, 5) is 51.0. The molecule has 1 amide bonds. The molecule has 0 spiro atoms. The van der Waals surface area contributed by atoms with Crippen molar-refractivity contribution in [3.8, 4) is 11.5 Å². The fourth-order valence-electron chi connectivity index (χ4n) is 5.51. The zero-order chi connectivity index (χ0) is 33.1. The van der Waals surface area contributed by atoms with Gasteiger partial charge < -0.3 is 23.7 Å². The molecule has 4 heterocycles. The van der Waals surface area contributed by atoms with E-state index >= 15 is 0 Å². The number of anilines is 1. The summed E-state index contributed by atoms with van der Waals surface area (Å²) >= 11 is 0.948. The summed E-state index contributed by atoms with van der Waals surface area (Å²) in [7, 11) is 0. The number of imidazole rings is 1. The first-order chi connectivity index (χ1) is 22.1. The predicted octanol–water partition coefficient (Wildman–Crippen LogP) is 6.49. The van der Waals surface area contributed by atoms with E-state index in [1.54, 1.807) is 39.0 Å². The Balaban J connectivity index is 1.70. The van der Waals surface area contributed by atoms with Gasteiger partial charge >= 0.3 is 11.9 Å². The summed E-state index contributed by atoms with van der Waals surface area (Å²) in [5.41, 5.74) is 2.96. The van der Waals surface area contributed by atoms with Crippen molar-refractivity contribution in [2.45, 2.75) is 66.8 Å². The van der Waals surface area contributed by atoms with Gasteiger partial charge in [0.1, 0.15) is 16.2 Å². The highest BCUT2D eigenvalue weighted by Crippen LogP contribution is 2.46. The van der Waals surface area contributed by atoms with E-state index in [9.17, 15) is 19.5 Å². The first-order valence-electron chi connectivity index (χ1n) is 15.4. The lowest BCUT2D eigenvalue weighted by Gasteiger charge is -2.24. The minimum Gasteiger partial charge on any atom is -0.505 e. The molecular weight excluding hydrogens is 608 g/mol. The molecule has 1 saturated heterocycles.